The van der Waals surface area contributed by atoms with Crippen LogP contribution in [0.5, 0.6) is 0 Å². The van der Waals surface area contributed by atoms with E-state index in [-0.39, 0.29) is 12.2 Å². The van der Waals surface area contributed by atoms with Crippen LogP contribution >= 0.6 is 27.3 Å². The molecule has 0 N–H and O–H groups in total. The van der Waals surface area contributed by atoms with E-state index >= 15 is 0 Å². The molecule has 0 bridgehead atoms. The number of anilines is 1. The van der Waals surface area contributed by atoms with Crippen LogP contribution in [-0.4, -0.2) is 35.6 Å². The second kappa shape index (κ2) is 5.02. The van der Waals surface area contributed by atoms with Crippen molar-refractivity contribution < 1.29 is 4.74 Å². The van der Waals surface area contributed by atoms with Gasteiger partial charge in [0.05, 0.1) is 17.9 Å². The Hall–Kier alpha value is -0.130. The third kappa shape index (κ3) is 2.57. The summed E-state index contributed by atoms with van der Waals surface area (Å²) in [6.45, 7) is 8.19. The van der Waals surface area contributed by atoms with Crippen molar-refractivity contribution in [1.29, 1.82) is 0 Å². The number of aryl methyl sites for hydroxylation is 2. The Labute approximate surface area is 109 Å². The number of hydrogen-bond acceptors (Lipinski definition) is 4. The van der Waals surface area contributed by atoms with Gasteiger partial charge in [0.2, 0.25) is 0 Å². The minimum atomic E-state index is 0.272. The largest absolute Gasteiger partial charge is 0.371 e. The van der Waals surface area contributed by atoms with Gasteiger partial charge in [0.25, 0.3) is 0 Å². The highest BCUT2D eigenvalue weighted by Gasteiger charge is 2.26. The van der Waals surface area contributed by atoms with Gasteiger partial charge in [0.15, 0.2) is 5.13 Å². The number of thiazole rings is 1. The lowest BCUT2D eigenvalue weighted by Gasteiger charge is -2.35. The predicted molar refractivity (Wildman–Crippen MR) is 71.9 cm³/mol. The van der Waals surface area contributed by atoms with E-state index < -0.39 is 0 Å². The normalized spacial score (nSPS) is 26.1. The fourth-order valence-corrected chi connectivity index (χ4v) is 3.16. The molecule has 1 fully saturated rings. The summed E-state index contributed by atoms with van der Waals surface area (Å²) < 4.78 is 5.81. The van der Waals surface area contributed by atoms with Crippen LogP contribution in [0.3, 0.4) is 0 Å². The number of aromatic nitrogens is 1. The van der Waals surface area contributed by atoms with Crippen LogP contribution in [0.4, 0.5) is 5.13 Å². The van der Waals surface area contributed by atoms with E-state index in [2.05, 4.69) is 46.6 Å². The molecular formula is C11H17BrN2OS. The zero-order chi connectivity index (χ0) is 11.7. The maximum Gasteiger partial charge on any atom is 0.185 e. The topological polar surface area (TPSA) is 25.4 Å². The highest BCUT2D eigenvalue weighted by Crippen LogP contribution is 2.27. The van der Waals surface area contributed by atoms with Gasteiger partial charge in [-0.25, -0.2) is 4.98 Å². The number of ether oxygens (including phenoxy) is 1. The summed E-state index contributed by atoms with van der Waals surface area (Å²) >= 11 is 5.27. The van der Waals surface area contributed by atoms with Crippen molar-refractivity contribution in [1.82, 2.24) is 4.98 Å². The van der Waals surface area contributed by atoms with Crippen LogP contribution in [-0.2, 0) is 4.74 Å². The van der Waals surface area contributed by atoms with Crippen molar-refractivity contribution in [3.05, 3.63) is 10.6 Å². The van der Waals surface area contributed by atoms with Crippen LogP contribution in [0.15, 0.2) is 0 Å². The fourth-order valence-electron chi connectivity index (χ4n) is 1.88. The Morgan fingerprint density at radius 1 is 1.50 bits per heavy atom. The summed E-state index contributed by atoms with van der Waals surface area (Å²) in [4.78, 5) is 8.26. The average Bonchev–Trinajstić information content (AvgIpc) is 2.58. The summed E-state index contributed by atoms with van der Waals surface area (Å²) in [5, 5.41) is 2.02. The molecule has 0 aromatic carbocycles. The molecule has 1 aromatic heterocycles. The first kappa shape index (κ1) is 12.3. The van der Waals surface area contributed by atoms with Crippen molar-refractivity contribution in [2.75, 3.05) is 23.3 Å². The molecule has 2 rings (SSSR count). The lowest BCUT2D eigenvalue weighted by atomic mass is 10.2. The summed E-state index contributed by atoms with van der Waals surface area (Å²) in [5.41, 5.74) is 1.15. The van der Waals surface area contributed by atoms with Gasteiger partial charge >= 0.3 is 0 Å². The molecule has 0 aliphatic carbocycles. The predicted octanol–water partition coefficient (Wildman–Crippen LogP) is 2.75. The highest BCUT2D eigenvalue weighted by molar-refractivity contribution is 9.09. The van der Waals surface area contributed by atoms with Crippen molar-refractivity contribution in [2.45, 2.75) is 33.0 Å². The first-order chi connectivity index (χ1) is 7.60. The fraction of sp³-hybridized carbons (Fsp3) is 0.727. The standard InChI is InChI=1S/C11H17BrN2OS/c1-7-5-14(6-10(4-12)15-7)11-13-8(2)9(3)16-11/h7,10H,4-6H2,1-3H3. The molecule has 90 valence electrons. The molecule has 1 aromatic rings. The van der Waals surface area contributed by atoms with Crippen molar-refractivity contribution >= 4 is 32.4 Å². The van der Waals surface area contributed by atoms with Crippen molar-refractivity contribution in [3.8, 4) is 0 Å². The van der Waals surface area contributed by atoms with Crippen LogP contribution in [0, 0.1) is 13.8 Å². The number of alkyl halides is 1. The number of hydrogen-bond donors (Lipinski definition) is 0. The van der Waals surface area contributed by atoms with Crippen LogP contribution in [0.1, 0.15) is 17.5 Å². The molecule has 1 saturated heterocycles. The van der Waals surface area contributed by atoms with E-state index in [1.165, 1.54) is 4.88 Å². The van der Waals surface area contributed by atoms with Crippen LogP contribution in [0.25, 0.3) is 0 Å². The average molecular weight is 305 g/mol. The quantitative estimate of drug-likeness (QED) is 0.786. The molecule has 1 aliphatic rings. The number of halogens is 1. The number of morpholine rings is 1. The van der Waals surface area contributed by atoms with Gasteiger partial charge in [-0.1, -0.05) is 15.9 Å². The van der Waals surface area contributed by atoms with Gasteiger partial charge in [0, 0.05) is 23.3 Å². The second-order valence-electron chi connectivity index (χ2n) is 4.27. The summed E-state index contributed by atoms with van der Waals surface area (Å²) in [5.74, 6) is 0. The molecule has 0 radical (unpaired) electrons. The molecule has 1 aliphatic heterocycles. The summed E-state index contributed by atoms with van der Waals surface area (Å²) in [6, 6.07) is 0. The lowest BCUT2D eigenvalue weighted by molar-refractivity contribution is -0.00200. The summed E-state index contributed by atoms with van der Waals surface area (Å²) in [7, 11) is 0. The maximum absolute atomic E-state index is 5.81. The Morgan fingerprint density at radius 3 is 2.81 bits per heavy atom. The van der Waals surface area contributed by atoms with E-state index in [0.29, 0.717) is 0 Å². The van der Waals surface area contributed by atoms with E-state index in [1.54, 1.807) is 11.3 Å². The van der Waals surface area contributed by atoms with Gasteiger partial charge in [-0.2, -0.15) is 0 Å². The zero-order valence-electron chi connectivity index (χ0n) is 9.86. The molecule has 5 heteroatoms. The first-order valence-corrected chi connectivity index (χ1v) is 7.44. The first-order valence-electron chi connectivity index (χ1n) is 5.50. The van der Waals surface area contributed by atoms with Crippen molar-refractivity contribution in [3.63, 3.8) is 0 Å². The molecule has 16 heavy (non-hydrogen) atoms. The van der Waals surface area contributed by atoms with Gasteiger partial charge in [0.1, 0.15) is 0 Å². The van der Waals surface area contributed by atoms with E-state index in [1.807, 2.05) is 0 Å². The Bertz CT molecular complexity index is 349. The van der Waals surface area contributed by atoms with Gasteiger partial charge in [-0.15, -0.1) is 11.3 Å². The highest BCUT2D eigenvalue weighted by atomic mass is 79.9. The summed E-state index contributed by atoms with van der Waals surface area (Å²) in [6.07, 6.45) is 0.550. The Morgan fingerprint density at radius 2 is 2.25 bits per heavy atom. The molecule has 3 nitrogen and oxygen atoms in total. The second-order valence-corrected chi connectivity index (χ2v) is 6.10. The molecule has 2 heterocycles. The van der Waals surface area contributed by atoms with E-state index in [0.717, 1.165) is 29.2 Å². The van der Waals surface area contributed by atoms with Crippen molar-refractivity contribution in [2.24, 2.45) is 0 Å². The molecule has 0 spiro atoms. The minimum absolute atomic E-state index is 0.272. The monoisotopic (exact) mass is 304 g/mol. The minimum Gasteiger partial charge on any atom is -0.371 e. The van der Waals surface area contributed by atoms with E-state index in [4.69, 9.17) is 4.74 Å². The molecule has 2 unspecified atom stereocenters. The zero-order valence-corrected chi connectivity index (χ0v) is 12.3. The molecule has 0 saturated carbocycles. The third-order valence-corrected chi connectivity index (χ3v) is 4.64. The number of nitrogens with zero attached hydrogens (tertiary/aromatic N) is 2. The molecule has 2 atom stereocenters. The Kier molecular flexibility index (Phi) is 3.87. The van der Waals surface area contributed by atoms with Gasteiger partial charge in [-0.05, 0) is 20.8 Å². The van der Waals surface area contributed by atoms with E-state index in [9.17, 15) is 0 Å². The van der Waals surface area contributed by atoms with Gasteiger partial charge in [-0.3, -0.25) is 0 Å². The molecule has 0 amide bonds. The Balaban J connectivity index is 2.14. The smallest absolute Gasteiger partial charge is 0.185 e. The lowest BCUT2D eigenvalue weighted by Crippen LogP contribution is -2.47. The SMILES string of the molecule is Cc1nc(N2CC(C)OC(CBr)C2)sc1C. The maximum atomic E-state index is 5.81. The van der Waals surface area contributed by atoms with Crippen LogP contribution < -0.4 is 4.90 Å². The third-order valence-electron chi connectivity index (χ3n) is 2.79. The van der Waals surface area contributed by atoms with Gasteiger partial charge < -0.3 is 9.64 Å². The van der Waals surface area contributed by atoms with Crippen LogP contribution in [0.2, 0.25) is 0 Å². The number of rotatable bonds is 2. The molecular weight excluding hydrogens is 288 g/mol.